The van der Waals surface area contributed by atoms with Crippen LogP contribution in [0.1, 0.15) is 37.3 Å². The summed E-state index contributed by atoms with van der Waals surface area (Å²) in [6.45, 7) is 5.93. The molecule has 1 heterocycles. The number of hydrogen-bond donors (Lipinski definition) is 2. The van der Waals surface area contributed by atoms with Gasteiger partial charge in [-0.1, -0.05) is 31.2 Å². The zero-order valence-electron chi connectivity index (χ0n) is 13.0. The van der Waals surface area contributed by atoms with E-state index in [1.54, 1.807) is 0 Å². The maximum atomic E-state index is 11.5. The van der Waals surface area contributed by atoms with E-state index in [1.165, 1.54) is 17.5 Å². The first kappa shape index (κ1) is 16.0. The van der Waals surface area contributed by atoms with Gasteiger partial charge in [0.1, 0.15) is 0 Å². The van der Waals surface area contributed by atoms with E-state index in [9.17, 15) is 4.79 Å². The van der Waals surface area contributed by atoms with Crippen molar-refractivity contribution in [2.45, 2.75) is 45.2 Å². The highest BCUT2D eigenvalue weighted by molar-refractivity contribution is 5.79. The molecule has 21 heavy (non-hydrogen) atoms. The molecule has 4 heteroatoms. The molecule has 1 amide bonds. The fraction of sp³-hybridized carbons (Fsp3) is 0.588. The van der Waals surface area contributed by atoms with Crippen LogP contribution in [0.2, 0.25) is 0 Å². The molecule has 1 aromatic rings. The summed E-state index contributed by atoms with van der Waals surface area (Å²) in [6, 6.07) is 8.47. The summed E-state index contributed by atoms with van der Waals surface area (Å²) in [6.07, 6.45) is 4.14. The second-order valence-electron chi connectivity index (χ2n) is 5.85. The van der Waals surface area contributed by atoms with Crippen molar-refractivity contribution in [2.75, 3.05) is 19.6 Å². The Morgan fingerprint density at radius 1 is 1.38 bits per heavy atom. The van der Waals surface area contributed by atoms with Crippen LogP contribution in [-0.2, 0) is 17.8 Å². The van der Waals surface area contributed by atoms with E-state index in [-0.39, 0.29) is 11.9 Å². The Balaban J connectivity index is 1.89. The third-order valence-corrected chi connectivity index (χ3v) is 4.15. The number of carbonyl (C=O) groups is 1. The summed E-state index contributed by atoms with van der Waals surface area (Å²) in [5.41, 5.74) is 8.37. The maximum Gasteiger partial charge on any atom is 0.234 e. The number of aryl methyl sites for hydroxylation is 1. The van der Waals surface area contributed by atoms with Gasteiger partial charge in [0.2, 0.25) is 5.91 Å². The van der Waals surface area contributed by atoms with Crippen molar-refractivity contribution in [3.63, 3.8) is 0 Å². The highest BCUT2D eigenvalue weighted by Crippen LogP contribution is 2.18. The van der Waals surface area contributed by atoms with Crippen molar-refractivity contribution < 1.29 is 4.79 Å². The smallest absolute Gasteiger partial charge is 0.234 e. The van der Waals surface area contributed by atoms with E-state index in [0.717, 1.165) is 45.4 Å². The van der Waals surface area contributed by atoms with Crippen molar-refractivity contribution in [3.8, 4) is 0 Å². The zero-order valence-corrected chi connectivity index (χ0v) is 13.0. The molecule has 1 atom stereocenters. The lowest BCUT2D eigenvalue weighted by atomic mass is 10.0. The lowest BCUT2D eigenvalue weighted by Crippen LogP contribution is -2.43. The number of nitrogens with zero attached hydrogens (tertiary/aromatic N) is 1. The molecular weight excluding hydrogens is 262 g/mol. The Labute approximate surface area is 127 Å². The number of nitrogens with one attached hydrogen (secondary N) is 1. The lowest BCUT2D eigenvalue weighted by Gasteiger charge is -2.23. The predicted molar refractivity (Wildman–Crippen MR) is 85.9 cm³/mol. The number of benzene rings is 1. The van der Waals surface area contributed by atoms with Crippen LogP contribution in [0, 0.1) is 0 Å². The van der Waals surface area contributed by atoms with Crippen molar-refractivity contribution in [1.29, 1.82) is 0 Å². The van der Waals surface area contributed by atoms with Crippen LogP contribution < -0.4 is 11.1 Å². The lowest BCUT2D eigenvalue weighted by molar-refractivity contribution is -0.120. The van der Waals surface area contributed by atoms with Crippen molar-refractivity contribution in [3.05, 3.63) is 35.4 Å². The van der Waals surface area contributed by atoms with Gasteiger partial charge in [0, 0.05) is 13.1 Å². The van der Waals surface area contributed by atoms with E-state index >= 15 is 0 Å². The molecule has 0 aromatic heterocycles. The standard InChI is InChI=1S/C17H27N3O/c1-2-10-19-16(17(18)21)9-12-20-11-5-8-14-6-3-4-7-15(14)13-20/h3-4,6-7,16,19H,2,5,8-13H2,1H3,(H2,18,21). The summed E-state index contributed by atoms with van der Waals surface area (Å²) in [4.78, 5) is 13.9. The Kier molecular flexibility index (Phi) is 6.21. The molecule has 2 rings (SSSR count). The van der Waals surface area contributed by atoms with Gasteiger partial charge in [0.05, 0.1) is 6.04 Å². The van der Waals surface area contributed by atoms with Gasteiger partial charge in [-0.3, -0.25) is 9.69 Å². The van der Waals surface area contributed by atoms with Gasteiger partial charge >= 0.3 is 0 Å². The van der Waals surface area contributed by atoms with Gasteiger partial charge in [-0.15, -0.1) is 0 Å². The molecule has 0 aliphatic carbocycles. The molecule has 0 radical (unpaired) electrons. The van der Waals surface area contributed by atoms with Gasteiger partial charge in [0.25, 0.3) is 0 Å². The van der Waals surface area contributed by atoms with E-state index in [4.69, 9.17) is 5.73 Å². The molecule has 1 aliphatic rings. The van der Waals surface area contributed by atoms with Gasteiger partial charge in [0.15, 0.2) is 0 Å². The third-order valence-electron chi connectivity index (χ3n) is 4.15. The highest BCUT2D eigenvalue weighted by Gasteiger charge is 2.18. The summed E-state index contributed by atoms with van der Waals surface area (Å²) >= 11 is 0. The maximum absolute atomic E-state index is 11.5. The SMILES string of the molecule is CCCNC(CCN1CCCc2ccccc2C1)C(N)=O. The highest BCUT2D eigenvalue weighted by atomic mass is 16.1. The first-order valence-corrected chi connectivity index (χ1v) is 8.02. The van der Waals surface area contributed by atoms with Crippen LogP contribution in [0.5, 0.6) is 0 Å². The molecule has 0 bridgehead atoms. The molecule has 1 aromatic carbocycles. The summed E-state index contributed by atoms with van der Waals surface area (Å²) in [5, 5.41) is 3.24. The van der Waals surface area contributed by atoms with Crippen molar-refractivity contribution in [2.24, 2.45) is 5.73 Å². The molecule has 3 N–H and O–H groups in total. The van der Waals surface area contributed by atoms with Crippen LogP contribution in [-0.4, -0.2) is 36.5 Å². The first-order valence-electron chi connectivity index (χ1n) is 8.02. The van der Waals surface area contributed by atoms with E-state index < -0.39 is 0 Å². The number of amides is 1. The summed E-state index contributed by atoms with van der Waals surface area (Å²) < 4.78 is 0. The largest absolute Gasteiger partial charge is 0.368 e. The number of primary amides is 1. The number of hydrogen-bond acceptors (Lipinski definition) is 3. The van der Waals surface area contributed by atoms with E-state index in [2.05, 4.69) is 41.4 Å². The quantitative estimate of drug-likeness (QED) is 0.803. The minimum absolute atomic E-state index is 0.205. The van der Waals surface area contributed by atoms with Crippen LogP contribution >= 0.6 is 0 Å². The predicted octanol–water partition coefficient (Wildman–Crippen LogP) is 1.68. The second-order valence-corrected chi connectivity index (χ2v) is 5.85. The molecule has 0 spiro atoms. The molecular formula is C17H27N3O. The van der Waals surface area contributed by atoms with Crippen molar-refractivity contribution >= 4 is 5.91 Å². The van der Waals surface area contributed by atoms with E-state index in [0.29, 0.717) is 0 Å². The molecule has 1 aliphatic heterocycles. The van der Waals surface area contributed by atoms with Gasteiger partial charge in [-0.05, 0) is 49.9 Å². The Morgan fingerprint density at radius 2 is 2.14 bits per heavy atom. The monoisotopic (exact) mass is 289 g/mol. The minimum atomic E-state index is -0.237. The Morgan fingerprint density at radius 3 is 2.86 bits per heavy atom. The normalized spacial score (nSPS) is 17.0. The van der Waals surface area contributed by atoms with Gasteiger partial charge < -0.3 is 11.1 Å². The average molecular weight is 289 g/mol. The Hall–Kier alpha value is -1.39. The molecule has 116 valence electrons. The zero-order chi connectivity index (χ0) is 15.1. The van der Waals surface area contributed by atoms with Crippen LogP contribution in [0.3, 0.4) is 0 Å². The molecule has 4 nitrogen and oxygen atoms in total. The minimum Gasteiger partial charge on any atom is -0.368 e. The van der Waals surface area contributed by atoms with Gasteiger partial charge in [-0.2, -0.15) is 0 Å². The van der Waals surface area contributed by atoms with Crippen LogP contribution in [0.15, 0.2) is 24.3 Å². The molecule has 0 fully saturated rings. The first-order chi connectivity index (χ1) is 10.2. The number of nitrogens with two attached hydrogens (primary N) is 1. The summed E-state index contributed by atoms with van der Waals surface area (Å²) in [5.74, 6) is -0.237. The van der Waals surface area contributed by atoms with E-state index in [1.807, 2.05) is 0 Å². The average Bonchev–Trinajstić information content (AvgIpc) is 2.68. The molecule has 0 saturated heterocycles. The van der Waals surface area contributed by atoms with Crippen LogP contribution in [0.4, 0.5) is 0 Å². The second kappa shape index (κ2) is 8.15. The molecule has 1 unspecified atom stereocenters. The summed E-state index contributed by atoms with van der Waals surface area (Å²) in [7, 11) is 0. The topological polar surface area (TPSA) is 58.4 Å². The van der Waals surface area contributed by atoms with Crippen LogP contribution in [0.25, 0.3) is 0 Å². The fourth-order valence-corrected chi connectivity index (χ4v) is 2.93. The van der Waals surface area contributed by atoms with Gasteiger partial charge in [-0.25, -0.2) is 0 Å². The Bertz CT molecular complexity index is 461. The fourth-order valence-electron chi connectivity index (χ4n) is 2.93. The number of rotatable bonds is 7. The number of carbonyl (C=O) groups excluding carboxylic acids is 1. The molecule has 0 saturated carbocycles. The van der Waals surface area contributed by atoms with Crippen molar-refractivity contribution in [1.82, 2.24) is 10.2 Å². The number of fused-ring (bicyclic) bond motifs is 1. The third kappa shape index (κ3) is 4.83.